The van der Waals surface area contributed by atoms with Crippen LogP contribution in [0.1, 0.15) is 20.8 Å². The van der Waals surface area contributed by atoms with Gasteiger partial charge in [-0.2, -0.15) is 0 Å². The van der Waals surface area contributed by atoms with Crippen LogP contribution < -0.4 is 0 Å². The number of hydrogen-bond acceptors (Lipinski definition) is 5. The Morgan fingerprint density at radius 2 is 1.65 bits per heavy atom. The van der Waals surface area contributed by atoms with Gasteiger partial charge in [-0.15, -0.1) is 0 Å². The smallest absolute Gasteiger partial charge is 0.303 e. The third-order valence-corrected chi connectivity index (χ3v) is 3.24. The number of alkyl halides is 2. The van der Waals surface area contributed by atoms with Gasteiger partial charge in [0.05, 0.1) is 6.10 Å². The molecule has 0 aliphatic carbocycles. The van der Waals surface area contributed by atoms with Gasteiger partial charge >= 0.3 is 11.9 Å². The highest BCUT2D eigenvalue weighted by Gasteiger charge is 2.47. The van der Waals surface area contributed by atoms with E-state index >= 15 is 0 Å². The summed E-state index contributed by atoms with van der Waals surface area (Å²) in [7, 11) is 0. The Kier molecular flexibility index (Phi) is 4.88. The van der Waals surface area contributed by atoms with Gasteiger partial charge in [-0.05, 0) is 6.92 Å². The highest BCUT2D eigenvalue weighted by molar-refractivity contribution is 9.09. The largest absolute Gasteiger partial charge is 0.457 e. The van der Waals surface area contributed by atoms with Crippen LogP contribution in [0.3, 0.4) is 0 Å². The Hall–Kier alpha value is -0.690. The van der Waals surface area contributed by atoms with E-state index in [4.69, 9.17) is 14.2 Å². The fraction of sp³-hybridized carbons (Fsp3) is 0.800. The van der Waals surface area contributed by atoms with Crippen LogP contribution in [-0.2, 0) is 23.8 Å². The van der Waals surface area contributed by atoms with Gasteiger partial charge in [0.25, 0.3) is 0 Å². The molecule has 1 aliphatic heterocycles. The first-order valence-electron chi connectivity index (χ1n) is 5.11. The SMILES string of the molecule is CC(=O)O[C@@H]1[C@@H](Br)[C@H](F)O[C@H](C)[C@H]1OC(C)=O. The van der Waals surface area contributed by atoms with Gasteiger partial charge in [0, 0.05) is 13.8 Å². The lowest BCUT2D eigenvalue weighted by molar-refractivity contribution is -0.218. The second-order valence-electron chi connectivity index (χ2n) is 3.78. The summed E-state index contributed by atoms with van der Waals surface area (Å²) < 4.78 is 28.4. The monoisotopic (exact) mass is 312 g/mol. The van der Waals surface area contributed by atoms with E-state index < -0.39 is 41.4 Å². The summed E-state index contributed by atoms with van der Waals surface area (Å²) in [4.78, 5) is 21.0. The number of hydrogen-bond donors (Lipinski definition) is 0. The van der Waals surface area contributed by atoms with Gasteiger partial charge in [-0.1, -0.05) is 15.9 Å². The van der Waals surface area contributed by atoms with E-state index in [0.29, 0.717) is 0 Å². The van der Waals surface area contributed by atoms with Gasteiger partial charge in [-0.3, -0.25) is 9.59 Å². The molecule has 0 unspecified atom stereocenters. The zero-order chi connectivity index (χ0) is 13.2. The molecule has 7 heteroatoms. The Morgan fingerprint density at radius 1 is 1.18 bits per heavy atom. The molecule has 0 amide bonds. The number of carbonyl (C=O) groups is 2. The lowest BCUT2D eigenvalue weighted by Crippen LogP contribution is -2.56. The summed E-state index contributed by atoms with van der Waals surface area (Å²) in [5.74, 6) is -1.11. The van der Waals surface area contributed by atoms with Crippen molar-refractivity contribution in [2.24, 2.45) is 0 Å². The fourth-order valence-corrected chi connectivity index (χ4v) is 2.17. The molecule has 1 fully saturated rings. The van der Waals surface area contributed by atoms with Gasteiger partial charge in [0.1, 0.15) is 4.83 Å². The maximum atomic E-state index is 13.4. The second-order valence-corrected chi connectivity index (χ2v) is 4.84. The van der Waals surface area contributed by atoms with Crippen molar-refractivity contribution in [2.45, 2.75) is 50.3 Å². The zero-order valence-corrected chi connectivity index (χ0v) is 11.3. The van der Waals surface area contributed by atoms with Crippen molar-refractivity contribution in [2.75, 3.05) is 0 Å². The topological polar surface area (TPSA) is 61.8 Å². The third kappa shape index (κ3) is 3.64. The number of rotatable bonds is 2. The van der Waals surface area contributed by atoms with Crippen molar-refractivity contribution in [1.29, 1.82) is 0 Å². The molecular formula is C10H14BrFO5. The van der Waals surface area contributed by atoms with Crippen molar-refractivity contribution in [3.05, 3.63) is 0 Å². The van der Waals surface area contributed by atoms with Crippen LogP contribution >= 0.6 is 15.9 Å². The first-order valence-corrected chi connectivity index (χ1v) is 6.02. The second kappa shape index (κ2) is 5.77. The molecule has 0 N–H and O–H groups in total. The summed E-state index contributed by atoms with van der Waals surface area (Å²) in [6.07, 6.45) is -4.05. The van der Waals surface area contributed by atoms with Crippen molar-refractivity contribution < 1.29 is 28.2 Å². The summed E-state index contributed by atoms with van der Waals surface area (Å²) in [5.41, 5.74) is 0. The lowest BCUT2D eigenvalue weighted by atomic mass is 10.0. The molecule has 1 saturated heterocycles. The van der Waals surface area contributed by atoms with E-state index in [1.54, 1.807) is 6.92 Å². The molecule has 0 radical (unpaired) electrons. The normalized spacial score (nSPS) is 37.4. The maximum Gasteiger partial charge on any atom is 0.303 e. The molecule has 1 aliphatic rings. The van der Waals surface area contributed by atoms with E-state index in [-0.39, 0.29) is 0 Å². The molecular weight excluding hydrogens is 299 g/mol. The molecule has 5 nitrogen and oxygen atoms in total. The standard InChI is InChI=1S/C10H14BrFO5/c1-4-8(16-5(2)13)9(17-6(3)14)7(11)10(12)15-4/h4,7-10H,1-3H3/t4-,7-,8-,9-,10-/m1/s1. The van der Waals surface area contributed by atoms with Crippen LogP contribution in [0.4, 0.5) is 4.39 Å². The summed E-state index contributed by atoms with van der Waals surface area (Å²) in [6, 6.07) is 0. The zero-order valence-electron chi connectivity index (χ0n) is 9.68. The Morgan fingerprint density at radius 3 is 2.12 bits per heavy atom. The molecule has 98 valence electrons. The van der Waals surface area contributed by atoms with E-state index in [1.165, 1.54) is 13.8 Å². The predicted molar refractivity (Wildman–Crippen MR) is 59.3 cm³/mol. The Bertz CT molecular complexity index is 311. The number of carbonyl (C=O) groups excluding carboxylic acids is 2. The molecule has 0 saturated carbocycles. The van der Waals surface area contributed by atoms with Crippen molar-refractivity contribution in [3.8, 4) is 0 Å². The van der Waals surface area contributed by atoms with Crippen LogP contribution in [0.2, 0.25) is 0 Å². The van der Waals surface area contributed by atoms with Crippen LogP contribution in [-0.4, -0.2) is 41.4 Å². The van der Waals surface area contributed by atoms with E-state index in [2.05, 4.69) is 15.9 Å². The average molecular weight is 313 g/mol. The lowest BCUT2D eigenvalue weighted by Gasteiger charge is -2.39. The third-order valence-electron chi connectivity index (χ3n) is 2.30. The number of halogens is 2. The van der Waals surface area contributed by atoms with Gasteiger partial charge < -0.3 is 14.2 Å². The molecule has 0 spiro atoms. The van der Waals surface area contributed by atoms with Gasteiger partial charge in [-0.25, -0.2) is 4.39 Å². The van der Waals surface area contributed by atoms with Crippen molar-refractivity contribution in [3.63, 3.8) is 0 Å². The predicted octanol–water partition coefficient (Wildman–Crippen LogP) is 1.33. The van der Waals surface area contributed by atoms with Gasteiger partial charge in [0.2, 0.25) is 6.36 Å². The molecule has 0 aromatic heterocycles. The van der Waals surface area contributed by atoms with Crippen molar-refractivity contribution in [1.82, 2.24) is 0 Å². The first kappa shape index (κ1) is 14.4. The molecule has 0 aromatic rings. The average Bonchev–Trinajstić information content (AvgIpc) is 2.19. The highest BCUT2D eigenvalue weighted by atomic mass is 79.9. The summed E-state index contributed by atoms with van der Waals surface area (Å²) in [5, 5.41) is 0. The van der Waals surface area contributed by atoms with E-state index in [1.807, 2.05) is 0 Å². The fourth-order valence-electron chi connectivity index (χ4n) is 1.63. The highest BCUT2D eigenvalue weighted by Crippen LogP contribution is 2.31. The molecule has 0 bridgehead atoms. The van der Waals surface area contributed by atoms with Crippen LogP contribution in [0.25, 0.3) is 0 Å². The van der Waals surface area contributed by atoms with Gasteiger partial charge in [0.15, 0.2) is 12.2 Å². The first-order chi connectivity index (χ1) is 7.82. The quantitative estimate of drug-likeness (QED) is 0.568. The van der Waals surface area contributed by atoms with Crippen LogP contribution in [0.5, 0.6) is 0 Å². The molecule has 5 atom stereocenters. The molecule has 1 rings (SSSR count). The summed E-state index contributed by atoms with van der Waals surface area (Å²) >= 11 is 3.04. The molecule has 1 heterocycles. The van der Waals surface area contributed by atoms with E-state index in [9.17, 15) is 14.0 Å². The summed E-state index contributed by atoms with van der Waals surface area (Å²) in [6.45, 7) is 3.98. The number of esters is 2. The number of ether oxygens (including phenoxy) is 3. The molecule has 0 aromatic carbocycles. The van der Waals surface area contributed by atoms with Crippen LogP contribution in [0, 0.1) is 0 Å². The maximum absolute atomic E-state index is 13.4. The van der Waals surface area contributed by atoms with E-state index in [0.717, 1.165) is 0 Å². The Balaban J connectivity index is 2.86. The van der Waals surface area contributed by atoms with Crippen molar-refractivity contribution >= 4 is 27.9 Å². The minimum absolute atomic E-state index is 0.542. The Labute approximate surface area is 107 Å². The van der Waals surface area contributed by atoms with Crippen LogP contribution in [0.15, 0.2) is 0 Å². The minimum Gasteiger partial charge on any atom is -0.457 e. The minimum atomic E-state index is -1.62. The molecule has 17 heavy (non-hydrogen) atoms.